The Bertz CT molecular complexity index is 787. The molecule has 1 aromatic heterocycles. The van der Waals surface area contributed by atoms with Crippen LogP contribution in [0.1, 0.15) is 5.56 Å². The molecular formula is C14H11NO2. The fourth-order valence-electron chi connectivity index (χ4n) is 2.10. The van der Waals surface area contributed by atoms with Gasteiger partial charge in [-0.15, -0.1) is 0 Å². The van der Waals surface area contributed by atoms with Gasteiger partial charge >= 0.3 is 0 Å². The minimum atomic E-state index is -0.0303. The van der Waals surface area contributed by atoms with Crippen molar-refractivity contribution in [2.75, 3.05) is 5.73 Å². The lowest BCUT2D eigenvalue weighted by molar-refractivity contribution is 0.657. The summed E-state index contributed by atoms with van der Waals surface area (Å²) in [6.45, 7) is 1.89. The molecule has 84 valence electrons. The first kappa shape index (κ1) is 9.90. The Kier molecular flexibility index (Phi) is 1.95. The Balaban J connectivity index is 2.64. The van der Waals surface area contributed by atoms with E-state index < -0.39 is 0 Å². The number of rotatable bonds is 0. The van der Waals surface area contributed by atoms with Crippen LogP contribution >= 0.6 is 0 Å². The van der Waals surface area contributed by atoms with Gasteiger partial charge in [-0.1, -0.05) is 12.1 Å². The van der Waals surface area contributed by atoms with E-state index in [1.54, 1.807) is 24.3 Å². The van der Waals surface area contributed by atoms with E-state index in [0.29, 0.717) is 27.6 Å². The molecule has 3 heteroatoms. The summed E-state index contributed by atoms with van der Waals surface area (Å²) in [5.74, 6) is 0. The molecule has 0 saturated carbocycles. The van der Waals surface area contributed by atoms with Crippen molar-refractivity contribution in [2.24, 2.45) is 0 Å². The Labute approximate surface area is 97.5 Å². The van der Waals surface area contributed by atoms with Crippen molar-refractivity contribution in [2.45, 2.75) is 6.92 Å². The number of nitrogen functional groups attached to an aromatic ring is 1. The summed E-state index contributed by atoms with van der Waals surface area (Å²) in [5, 5.41) is 1.13. The van der Waals surface area contributed by atoms with Gasteiger partial charge in [0.1, 0.15) is 11.2 Å². The van der Waals surface area contributed by atoms with Gasteiger partial charge in [-0.25, -0.2) is 0 Å². The summed E-state index contributed by atoms with van der Waals surface area (Å²) in [7, 11) is 0. The third-order valence-electron chi connectivity index (χ3n) is 2.89. The van der Waals surface area contributed by atoms with Crippen LogP contribution in [0.2, 0.25) is 0 Å². The van der Waals surface area contributed by atoms with Crippen LogP contribution in [0.25, 0.3) is 21.9 Å². The molecule has 0 amide bonds. The summed E-state index contributed by atoms with van der Waals surface area (Å²) in [6, 6.07) is 10.7. The average molecular weight is 225 g/mol. The molecule has 17 heavy (non-hydrogen) atoms. The normalized spacial score (nSPS) is 11.1. The number of para-hydroxylation sites is 1. The zero-order chi connectivity index (χ0) is 12.0. The minimum Gasteiger partial charge on any atom is -0.456 e. The molecule has 0 unspecified atom stereocenters. The van der Waals surface area contributed by atoms with E-state index in [1.165, 1.54) is 0 Å². The van der Waals surface area contributed by atoms with Crippen LogP contribution in [0.5, 0.6) is 0 Å². The third kappa shape index (κ3) is 1.40. The number of nitrogens with two attached hydrogens (primary N) is 1. The molecule has 0 bridgehead atoms. The SMILES string of the molecule is Cc1cc(N)cc2c(=O)c3ccccc3oc12. The number of benzene rings is 2. The first-order valence-corrected chi connectivity index (χ1v) is 5.38. The Morgan fingerprint density at radius 3 is 2.71 bits per heavy atom. The number of hydrogen-bond acceptors (Lipinski definition) is 3. The molecule has 0 aliphatic rings. The third-order valence-corrected chi connectivity index (χ3v) is 2.89. The molecule has 0 radical (unpaired) electrons. The van der Waals surface area contributed by atoms with Crippen molar-refractivity contribution in [3.8, 4) is 0 Å². The van der Waals surface area contributed by atoms with Gasteiger partial charge in [0.05, 0.1) is 10.8 Å². The molecular weight excluding hydrogens is 214 g/mol. The van der Waals surface area contributed by atoms with Crippen LogP contribution < -0.4 is 11.2 Å². The van der Waals surface area contributed by atoms with E-state index in [2.05, 4.69) is 0 Å². The second-order valence-electron chi connectivity index (χ2n) is 4.14. The summed E-state index contributed by atoms with van der Waals surface area (Å²) < 4.78 is 5.76. The van der Waals surface area contributed by atoms with E-state index in [9.17, 15) is 4.79 Å². The van der Waals surface area contributed by atoms with Crippen LogP contribution in [0, 0.1) is 6.92 Å². The molecule has 3 nitrogen and oxygen atoms in total. The molecule has 0 saturated heterocycles. The summed E-state index contributed by atoms with van der Waals surface area (Å²) >= 11 is 0. The highest BCUT2D eigenvalue weighted by Crippen LogP contribution is 2.23. The highest BCUT2D eigenvalue weighted by Gasteiger charge is 2.09. The van der Waals surface area contributed by atoms with Crippen LogP contribution in [0.4, 0.5) is 5.69 Å². The lowest BCUT2D eigenvalue weighted by atomic mass is 10.1. The predicted octanol–water partition coefficient (Wildman–Crippen LogP) is 2.84. The maximum absolute atomic E-state index is 12.3. The van der Waals surface area contributed by atoms with Crippen molar-refractivity contribution in [1.29, 1.82) is 0 Å². The standard InChI is InChI=1S/C14H11NO2/c1-8-6-9(15)7-11-13(16)10-4-2-3-5-12(10)17-14(8)11/h2-7H,15H2,1H3. The number of aryl methyl sites for hydroxylation is 1. The van der Waals surface area contributed by atoms with Crippen molar-refractivity contribution in [3.05, 3.63) is 52.2 Å². The second-order valence-corrected chi connectivity index (χ2v) is 4.14. The molecule has 2 N–H and O–H groups in total. The number of fused-ring (bicyclic) bond motifs is 2. The summed E-state index contributed by atoms with van der Waals surface area (Å²) in [6.07, 6.45) is 0. The first-order chi connectivity index (χ1) is 8.16. The largest absolute Gasteiger partial charge is 0.456 e. The van der Waals surface area contributed by atoms with Crippen LogP contribution in [-0.2, 0) is 0 Å². The summed E-state index contributed by atoms with van der Waals surface area (Å²) in [5.41, 5.74) is 8.41. The first-order valence-electron chi connectivity index (χ1n) is 5.38. The van der Waals surface area contributed by atoms with Gasteiger partial charge in [-0.05, 0) is 36.8 Å². The van der Waals surface area contributed by atoms with E-state index in [0.717, 1.165) is 5.56 Å². The quantitative estimate of drug-likeness (QED) is 0.472. The Morgan fingerprint density at radius 1 is 1.12 bits per heavy atom. The molecule has 0 aliphatic heterocycles. The Hall–Kier alpha value is -2.29. The molecule has 3 rings (SSSR count). The molecule has 0 spiro atoms. The lowest BCUT2D eigenvalue weighted by Gasteiger charge is -2.04. The average Bonchev–Trinajstić information content (AvgIpc) is 2.31. The lowest BCUT2D eigenvalue weighted by Crippen LogP contribution is -2.03. The molecule has 1 heterocycles. The zero-order valence-electron chi connectivity index (χ0n) is 9.36. The van der Waals surface area contributed by atoms with Crippen LogP contribution in [-0.4, -0.2) is 0 Å². The van der Waals surface area contributed by atoms with Gasteiger partial charge in [-0.2, -0.15) is 0 Å². The number of hydrogen-bond donors (Lipinski definition) is 1. The maximum Gasteiger partial charge on any atom is 0.200 e. The fourth-order valence-corrected chi connectivity index (χ4v) is 2.10. The van der Waals surface area contributed by atoms with Gasteiger partial charge in [0.15, 0.2) is 0 Å². The molecule has 0 fully saturated rings. The van der Waals surface area contributed by atoms with Crippen molar-refractivity contribution in [3.63, 3.8) is 0 Å². The Morgan fingerprint density at radius 2 is 1.88 bits per heavy atom. The highest BCUT2D eigenvalue weighted by atomic mass is 16.3. The zero-order valence-corrected chi connectivity index (χ0v) is 9.36. The smallest absolute Gasteiger partial charge is 0.200 e. The molecule has 2 aromatic carbocycles. The van der Waals surface area contributed by atoms with Crippen LogP contribution in [0.15, 0.2) is 45.6 Å². The molecule has 0 aliphatic carbocycles. The van der Waals surface area contributed by atoms with Gasteiger partial charge in [0.25, 0.3) is 0 Å². The van der Waals surface area contributed by atoms with Crippen molar-refractivity contribution < 1.29 is 4.42 Å². The van der Waals surface area contributed by atoms with Crippen molar-refractivity contribution >= 4 is 27.6 Å². The monoisotopic (exact) mass is 225 g/mol. The topological polar surface area (TPSA) is 56.2 Å². The highest BCUT2D eigenvalue weighted by molar-refractivity contribution is 5.92. The van der Waals surface area contributed by atoms with E-state index in [-0.39, 0.29) is 5.43 Å². The van der Waals surface area contributed by atoms with Gasteiger partial charge in [0, 0.05) is 5.69 Å². The van der Waals surface area contributed by atoms with E-state index >= 15 is 0 Å². The fraction of sp³-hybridized carbons (Fsp3) is 0.0714. The molecule has 3 aromatic rings. The summed E-state index contributed by atoms with van der Waals surface area (Å²) in [4.78, 5) is 12.3. The van der Waals surface area contributed by atoms with Crippen molar-refractivity contribution in [1.82, 2.24) is 0 Å². The predicted molar refractivity (Wildman–Crippen MR) is 69.1 cm³/mol. The maximum atomic E-state index is 12.3. The van der Waals surface area contributed by atoms with Gasteiger partial charge in [-0.3, -0.25) is 4.79 Å². The van der Waals surface area contributed by atoms with Crippen LogP contribution in [0.3, 0.4) is 0 Å². The van der Waals surface area contributed by atoms with Gasteiger partial charge in [0.2, 0.25) is 5.43 Å². The second kappa shape index (κ2) is 3.35. The minimum absolute atomic E-state index is 0.0303. The number of anilines is 1. The van der Waals surface area contributed by atoms with E-state index in [1.807, 2.05) is 19.1 Å². The van der Waals surface area contributed by atoms with E-state index in [4.69, 9.17) is 10.2 Å². The molecule has 0 atom stereocenters. The van der Waals surface area contributed by atoms with Gasteiger partial charge < -0.3 is 10.2 Å².